The minimum Gasteiger partial charge on any atom is -0.475 e. The number of pyridine rings is 1. The SMILES string of the molecule is O=C(O)C(F)(F)F.O=C(O)C(F)(F)F.O=C1C[C@H]2[C@H](CCN2Cc2cccnc2)N1c1ccsc1. The highest BCUT2D eigenvalue weighted by Gasteiger charge is 2.47. The fourth-order valence-electron chi connectivity index (χ4n) is 3.58. The Balaban J connectivity index is 0.000000257. The summed E-state index contributed by atoms with van der Waals surface area (Å²) >= 11 is 1.65. The Kier molecular flexibility index (Phi) is 9.20. The number of thiophene rings is 1. The third-order valence-corrected chi connectivity index (χ3v) is 5.66. The summed E-state index contributed by atoms with van der Waals surface area (Å²) in [5, 5.41) is 18.4. The Morgan fingerprint density at radius 2 is 1.66 bits per heavy atom. The summed E-state index contributed by atoms with van der Waals surface area (Å²) in [5.74, 6) is -5.25. The summed E-state index contributed by atoms with van der Waals surface area (Å²) < 4.78 is 63.5. The number of halogens is 6. The molecule has 4 rings (SSSR count). The lowest BCUT2D eigenvalue weighted by Gasteiger charge is -2.24. The molecule has 0 saturated carbocycles. The van der Waals surface area contributed by atoms with Gasteiger partial charge in [0, 0.05) is 43.3 Å². The molecule has 2 saturated heterocycles. The van der Waals surface area contributed by atoms with E-state index < -0.39 is 24.3 Å². The van der Waals surface area contributed by atoms with Gasteiger partial charge >= 0.3 is 24.3 Å². The molecule has 4 heterocycles. The number of aromatic nitrogens is 1. The van der Waals surface area contributed by atoms with Gasteiger partial charge in [-0.05, 0) is 29.5 Å². The van der Waals surface area contributed by atoms with E-state index >= 15 is 0 Å². The van der Waals surface area contributed by atoms with Gasteiger partial charge in [0.1, 0.15) is 0 Å². The third kappa shape index (κ3) is 7.92. The van der Waals surface area contributed by atoms with Crippen molar-refractivity contribution in [2.75, 3.05) is 11.4 Å². The number of carbonyl (C=O) groups is 3. The van der Waals surface area contributed by atoms with E-state index in [2.05, 4.69) is 27.4 Å². The van der Waals surface area contributed by atoms with Gasteiger partial charge in [0.15, 0.2) is 0 Å². The lowest BCUT2D eigenvalue weighted by molar-refractivity contribution is -0.193. The molecule has 192 valence electrons. The highest BCUT2D eigenvalue weighted by Crippen LogP contribution is 2.37. The number of nitrogens with zero attached hydrogens (tertiary/aromatic N) is 3. The topological polar surface area (TPSA) is 111 Å². The molecular weight excluding hydrogens is 508 g/mol. The highest BCUT2D eigenvalue weighted by atomic mass is 32.1. The molecule has 0 bridgehead atoms. The first-order chi connectivity index (χ1) is 16.2. The first kappa shape index (κ1) is 28.0. The van der Waals surface area contributed by atoms with Gasteiger partial charge in [-0.3, -0.25) is 14.7 Å². The fraction of sp³-hybridized carbons (Fsp3) is 0.400. The van der Waals surface area contributed by atoms with Crippen molar-refractivity contribution in [2.24, 2.45) is 0 Å². The van der Waals surface area contributed by atoms with E-state index in [-0.39, 0.29) is 5.91 Å². The van der Waals surface area contributed by atoms with Crippen LogP contribution in [0.2, 0.25) is 0 Å². The zero-order valence-corrected chi connectivity index (χ0v) is 18.5. The maximum atomic E-state index is 12.4. The largest absolute Gasteiger partial charge is 0.490 e. The summed E-state index contributed by atoms with van der Waals surface area (Å²) in [5.41, 5.74) is 2.29. The van der Waals surface area contributed by atoms with Gasteiger partial charge in [-0.2, -0.15) is 37.7 Å². The monoisotopic (exact) mass is 527 g/mol. The zero-order valence-electron chi connectivity index (χ0n) is 17.7. The Morgan fingerprint density at radius 3 is 2.11 bits per heavy atom. The second-order valence-electron chi connectivity index (χ2n) is 7.31. The van der Waals surface area contributed by atoms with Gasteiger partial charge in [0.05, 0.1) is 11.7 Å². The van der Waals surface area contributed by atoms with Gasteiger partial charge in [-0.15, -0.1) is 0 Å². The molecule has 2 fully saturated rings. The Hall–Kier alpha value is -3.20. The van der Waals surface area contributed by atoms with Crippen LogP contribution >= 0.6 is 11.3 Å². The van der Waals surface area contributed by atoms with Crippen LogP contribution in [0.25, 0.3) is 0 Å². The van der Waals surface area contributed by atoms with Crippen LogP contribution in [0.3, 0.4) is 0 Å². The standard InChI is InChI=1S/C16H17N3OS.2C2HF3O2/c20-16-8-15-14(19(16)13-4-7-21-11-13)3-6-18(15)10-12-2-1-5-17-9-12;2*3-2(4,5)1(6)7/h1-2,4-5,7,9,11,14-15H,3,6,8,10H2;2*(H,6,7)/t14-,15-;;/m0../s1. The van der Waals surface area contributed by atoms with E-state index in [0.29, 0.717) is 18.5 Å². The Labute approximate surface area is 198 Å². The maximum absolute atomic E-state index is 12.4. The van der Waals surface area contributed by atoms with Crippen LogP contribution in [0.4, 0.5) is 32.0 Å². The number of hydrogen-bond acceptors (Lipinski definition) is 6. The van der Waals surface area contributed by atoms with Crippen LogP contribution in [0.15, 0.2) is 41.4 Å². The fourth-order valence-corrected chi connectivity index (χ4v) is 4.21. The number of amides is 1. The number of likely N-dealkylation sites (tertiary alicyclic amines) is 1. The Morgan fingerprint density at radius 1 is 1.06 bits per heavy atom. The number of carboxylic acid groups (broad SMARTS) is 2. The second-order valence-corrected chi connectivity index (χ2v) is 8.09. The van der Waals surface area contributed by atoms with Crippen molar-refractivity contribution in [3.8, 4) is 0 Å². The molecule has 2 N–H and O–H groups in total. The molecule has 0 radical (unpaired) electrons. The van der Waals surface area contributed by atoms with E-state index in [4.69, 9.17) is 19.8 Å². The van der Waals surface area contributed by atoms with Gasteiger partial charge < -0.3 is 15.1 Å². The van der Waals surface area contributed by atoms with Gasteiger partial charge in [0.25, 0.3) is 0 Å². The van der Waals surface area contributed by atoms with Crippen LogP contribution < -0.4 is 4.90 Å². The van der Waals surface area contributed by atoms with Crippen LogP contribution in [0.1, 0.15) is 18.4 Å². The summed E-state index contributed by atoms with van der Waals surface area (Å²) in [6.45, 7) is 1.94. The van der Waals surface area contributed by atoms with Crippen LogP contribution in [0, 0.1) is 0 Å². The number of anilines is 1. The number of rotatable bonds is 3. The molecule has 0 aromatic carbocycles. The third-order valence-electron chi connectivity index (χ3n) is 4.99. The molecule has 0 unspecified atom stereocenters. The average molecular weight is 527 g/mol. The molecule has 0 aliphatic carbocycles. The maximum Gasteiger partial charge on any atom is 0.490 e. The molecule has 8 nitrogen and oxygen atoms in total. The molecule has 2 aliphatic heterocycles. The van der Waals surface area contributed by atoms with Crippen LogP contribution in [-0.4, -0.2) is 68.9 Å². The normalized spacial score (nSPS) is 19.8. The predicted molar refractivity (Wildman–Crippen MR) is 111 cm³/mol. The predicted octanol–water partition coefficient (Wildman–Crippen LogP) is 3.79. The minimum absolute atomic E-state index is 0.263. The quantitative estimate of drug-likeness (QED) is 0.585. The smallest absolute Gasteiger partial charge is 0.475 e. The van der Waals surface area contributed by atoms with Crippen LogP contribution in [0.5, 0.6) is 0 Å². The Bertz CT molecular complexity index is 977. The number of carbonyl (C=O) groups excluding carboxylic acids is 1. The molecule has 35 heavy (non-hydrogen) atoms. The average Bonchev–Trinajstić information content (AvgIpc) is 3.47. The van der Waals surface area contributed by atoms with Crippen molar-refractivity contribution >= 4 is 34.9 Å². The number of carboxylic acids is 2. The van der Waals surface area contributed by atoms with Gasteiger partial charge in [-0.1, -0.05) is 6.07 Å². The minimum atomic E-state index is -5.08. The van der Waals surface area contributed by atoms with E-state index in [0.717, 1.165) is 25.2 Å². The lowest BCUT2D eigenvalue weighted by atomic mass is 10.1. The van der Waals surface area contributed by atoms with Crippen molar-refractivity contribution in [2.45, 2.75) is 43.8 Å². The molecule has 1 amide bonds. The molecule has 0 spiro atoms. The van der Waals surface area contributed by atoms with Crippen molar-refractivity contribution in [1.82, 2.24) is 9.88 Å². The first-order valence-corrected chi connectivity index (χ1v) is 10.7. The summed E-state index contributed by atoms with van der Waals surface area (Å²) in [6.07, 6.45) is -4.75. The van der Waals surface area contributed by atoms with E-state index in [1.54, 1.807) is 17.5 Å². The second kappa shape index (κ2) is 11.5. The molecular formula is C20H19F6N3O5S. The van der Waals surface area contributed by atoms with E-state index in [9.17, 15) is 31.1 Å². The van der Waals surface area contributed by atoms with Crippen molar-refractivity contribution in [3.63, 3.8) is 0 Å². The molecule has 2 atom stereocenters. The van der Waals surface area contributed by atoms with E-state index in [1.807, 2.05) is 22.5 Å². The zero-order chi connectivity index (χ0) is 26.4. The van der Waals surface area contributed by atoms with Gasteiger partial charge in [0.2, 0.25) is 5.91 Å². The van der Waals surface area contributed by atoms with Crippen LogP contribution in [-0.2, 0) is 20.9 Å². The lowest BCUT2D eigenvalue weighted by Crippen LogP contribution is -2.36. The van der Waals surface area contributed by atoms with Crippen molar-refractivity contribution < 1.29 is 50.9 Å². The number of hydrogen-bond donors (Lipinski definition) is 2. The number of fused-ring (bicyclic) bond motifs is 1. The van der Waals surface area contributed by atoms with Crippen molar-refractivity contribution in [1.29, 1.82) is 0 Å². The molecule has 2 aromatic rings. The first-order valence-electron chi connectivity index (χ1n) is 9.79. The summed E-state index contributed by atoms with van der Waals surface area (Å²) in [4.78, 5) is 38.8. The summed E-state index contributed by atoms with van der Waals surface area (Å²) in [7, 11) is 0. The van der Waals surface area contributed by atoms with Crippen molar-refractivity contribution in [3.05, 3.63) is 46.9 Å². The van der Waals surface area contributed by atoms with E-state index in [1.165, 1.54) is 5.56 Å². The number of aliphatic carboxylic acids is 2. The molecule has 15 heteroatoms. The molecule has 2 aromatic heterocycles. The molecule has 2 aliphatic rings. The highest BCUT2D eigenvalue weighted by molar-refractivity contribution is 7.08. The van der Waals surface area contributed by atoms with Gasteiger partial charge in [-0.25, -0.2) is 9.59 Å². The number of alkyl halides is 6. The summed E-state index contributed by atoms with van der Waals surface area (Å²) in [6, 6.07) is 6.81.